The first-order valence-electron chi connectivity index (χ1n) is 20.6. The monoisotopic (exact) mass is 844 g/mol. The van der Waals surface area contributed by atoms with E-state index in [-0.39, 0.29) is 55.4 Å². The van der Waals surface area contributed by atoms with Crippen molar-refractivity contribution in [2.75, 3.05) is 13.2 Å². The van der Waals surface area contributed by atoms with Crippen LogP contribution in [0.2, 0.25) is 5.04 Å². The molecule has 60 heavy (non-hydrogen) atoms. The van der Waals surface area contributed by atoms with Crippen LogP contribution in [0.1, 0.15) is 79.8 Å². The van der Waals surface area contributed by atoms with Crippen molar-refractivity contribution in [3.05, 3.63) is 143 Å². The second-order valence-electron chi connectivity index (χ2n) is 16.8. The van der Waals surface area contributed by atoms with E-state index in [1.54, 1.807) is 19.1 Å². The number of fused-ring (bicyclic) bond motifs is 5. The third-order valence-corrected chi connectivity index (χ3v) is 18.3. The minimum atomic E-state index is -4.13. The number of rotatable bonds is 7. The highest BCUT2D eigenvalue weighted by molar-refractivity contribution is 7.84. The number of carbonyl (C=O) groups is 1. The average Bonchev–Trinajstić information content (AvgIpc) is 3.65. The van der Waals surface area contributed by atoms with Gasteiger partial charge in [-0.25, -0.2) is 4.68 Å². The summed E-state index contributed by atoms with van der Waals surface area (Å²) in [5, 5.41) is 11.4. The molecule has 3 aliphatic rings. The third-order valence-electron chi connectivity index (χ3n) is 11.9. The smallest absolute Gasteiger partial charge is 0.385 e. The Morgan fingerprint density at radius 2 is 1.58 bits per heavy atom. The molecule has 9 rings (SSSR count). The van der Waals surface area contributed by atoms with Gasteiger partial charge >= 0.3 is 16.3 Å². The first-order chi connectivity index (χ1) is 28.8. The van der Waals surface area contributed by atoms with Gasteiger partial charge in [0, 0.05) is 31.1 Å². The molecule has 0 saturated carbocycles. The number of esters is 1. The molecule has 0 spiro atoms. The summed E-state index contributed by atoms with van der Waals surface area (Å²) in [5.41, 5.74) is 6.71. The van der Waals surface area contributed by atoms with E-state index in [1.165, 1.54) is 4.31 Å². The summed E-state index contributed by atoms with van der Waals surface area (Å²) in [4.78, 5) is 13.2. The summed E-state index contributed by atoms with van der Waals surface area (Å²) in [7, 11) is -7.14. The van der Waals surface area contributed by atoms with E-state index in [1.807, 2.05) is 61.0 Å². The average molecular weight is 845 g/mol. The zero-order valence-electron chi connectivity index (χ0n) is 35.1. The van der Waals surface area contributed by atoms with Crippen LogP contribution >= 0.6 is 0 Å². The normalized spacial score (nSPS) is 19.1. The molecule has 0 amide bonds. The van der Waals surface area contributed by atoms with Crippen LogP contribution in [-0.4, -0.2) is 61.3 Å². The summed E-state index contributed by atoms with van der Waals surface area (Å²) >= 11 is 0. The zero-order chi connectivity index (χ0) is 42.2. The van der Waals surface area contributed by atoms with E-state index in [0.29, 0.717) is 24.3 Å². The van der Waals surface area contributed by atoms with Crippen LogP contribution in [0, 0.1) is 13.8 Å². The molecule has 1 aromatic heterocycles. The molecule has 9 bridgehead atoms. The lowest BCUT2D eigenvalue weighted by atomic mass is 9.84. The van der Waals surface area contributed by atoms with E-state index in [0.717, 1.165) is 49.2 Å². The number of hydrogen-bond acceptors (Lipinski definition) is 9. The molecule has 4 heterocycles. The highest BCUT2D eigenvalue weighted by atomic mass is 32.2. The van der Waals surface area contributed by atoms with Gasteiger partial charge in [-0.15, -0.1) is 5.10 Å². The van der Waals surface area contributed by atoms with E-state index >= 15 is 0 Å². The van der Waals surface area contributed by atoms with Crippen molar-refractivity contribution < 1.29 is 31.3 Å². The Morgan fingerprint density at radius 3 is 2.27 bits per heavy atom. The highest BCUT2D eigenvalue weighted by Gasteiger charge is 2.51. The Bertz CT molecular complexity index is 2590. The molecule has 0 aliphatic carbocycles. The lowest BCUT2D eigenvalue weighted by molar-refractivity contribution is -0.143. The molecular formula is C47H52N4O7SSi. The minimum Gasteiger partial charge on any atom is -0.491 e. The van der Waals surface area contributed by atoms with Crippen LogP contribution in [0.25, 0.3) is 11.0 Å². The van der Waals surface area contributed by atoms with Gasteiger partial charge in [0.05, 0.1) is 24.6 Å². The summed E-state index contributed by atoms with van der Waals surface area (Å²) in [6.45, 7) is 13.7. The Morgan fingerprint density at radius 1 is 0.883 bits per heavy atom. The van der Waals surface area contributed by atoms with Gasteiger partial charge in [-0.2, -0.15) is 12.7 Å². The van der Waals surface area contributed by atoms with Crippen molar-refractivity contribution in [1.82, 2.24) is 19.3 Å². The maximum absolute atomic E-state index is 13.6. The Kier molecular flexibility index (Phi) is 11.5. The van der Waals surface area contributed by atoms with E-state index in [4.69, 9.17) is 23.2 Å². The molecule has 0 fully saturated rings. The number of benzene rings is 5. The molecule has 3 atom stereocenters. The maximum Gasteiger partial charge on any atom is 0.385 e. The molecule has 2 unspecified atom stereocenters. The number of carbonyl (C=O) groups excluding carboxylic acids is 1. The Balaban J connectivity index is 1.26. The van der Waals surface area contributed by atoms with Gasteiger partial charge in [-0.05, 0) is 94.7 Å². The van der Waals surface area contributed by atoms with Gasteiger partial charge in [0.25, 0.3) is 8.32 Å². The predicted molar refractivity (Wildman–Crippen MR) is 234 cm³/mol. The number of aromatic nitrogens is 3. The Labute approximate surface area is 353 Å². The predicted octanol–water partition coefficient (Wildman–Crippen LogP) is 7.50. The molecule has 0 N–H and O–H groups in total. The fourth-order valence-electron chi connectivity index (χ4n) is 8.78. The second kappa shape index (κ2) is 16.6. The van der Waals surface area contributed by atoms with Crippen LogP contribution in [0.3, 0.4) is 0 Å². The fraction of sp³-hybridized carbons (Fsp3) is 0.340. The van der Waals surface area contributed by atoms with E-state index in [9.17, 15) is 13.2 Å². The molecule has 5 aromatic carbocycles. The van der Waals surface area contributed by atoms with Crippen molar-refractivity contribution in [2.24, 2.45) is 0 Å². The summed E-state index contributed by atoms with van der Waals surface area (Å²) < 4.78 is 56.0. The molecule has 0 saturated heterocycles. The number of hydrogen-bond donors (Lipinski definition) is 0. The molecule has 11 nitrogen and oxygen atoms in total. The van der Waals surface area contributed by atoms with Crippen LogP contribution < -0.4 is 19.3 Å². The number of ether oxygens (including phenoxy) is 2. The summed E-state index contributed by atoms with van der Waals surface area (Å²) in [6, 6.07) is 36.4. The van der Waals surface area contributed by atoms with E-state index in [2.05, 4.69) is 80.6 Å². The van der Waals surface area contributed by atoms with Crippen molar-refractivity contribution in [2.45, 2.75) is 91.1 Å². The fourth-order valence-corrected chi connectivity index (χ4v) is 14.6. The first-order valence-corrected chi connectivity index (χ1v) is 23.9. The van der Waals surface area contributed by atoms with Gasteiger partial charge in [-0.3, -0.25) is 4.79 Å². The molecule has 13 heteroatoms. The second-order valence-corrected chi connectivity index (χ2v) is 22.6. The minimum absolute atomic E-state index is 0.0689. The van der Waals surface area contributed by atoms with Crippen molar-refractivity contribution in [3.8, 4) is 11.5 Å². The molecule has 0 radical (unpaired) electrons. The maximum atomic E-state index is 13.6. The standard InChI is InChI=1S/C47H52N4O7SSi/c1-7-55-45(52)28-42-34-19-18-32(2)35(26-34)29-50-30-36-27-37(20-23-44(36)57-59(50,53)54)56-31-38(24-25-51-43-22-21-41(42)33(3)46(43)48-49-51)58-60(47(4,5)6,39-14-10-8-11-15-39)40-16-12-9-13-17-40/h8-23,26-27,38,42H,7,24-25,28-31H2,1-6H3/t38-,42?/m1/s1. The molecule has 3 aliphatic heterocycles. The molecule has 6 aromatic rings. The summed E-state index contributed by atoms with van der Waals surface area (Å²) in [5.74, 6) is 0.143. The van der Waals surface area contributed by atoms with Gasteiger partial charge < -0.3 is 18.1 Å². The number of nitrogens with zero attached hydrogens (tertiary/aromatic N) is 4. The van der Waals surface area contributed by atoms with Crippen molar-refractivity contribution >= 4 is 46.0 Å². The van der Waals surface area contributed by atoms with Crippen molar-refractivity contribution in [3.63, 3.8) is 0 Å². The van der Waals surface area contributed by atoms with Crippen LogP contribution in [-0.2, 0) is 43.9 Å². The van der Waals surface area contributed by atoms with Crippen LogP contribution in [0.15, 0.2) is 109 Å². The van der Waals surface area contributed by atoms with Gasteiger partial charge in [0.1, 0.15) is 23.6 Å². The molecular weight excluding hydrogens is 793 g/mol. The quantitative estimate of drug-likeness (QED) is 0.119. The number of aryl methyl sites for hydroxylation is 3. The van der Waals surface area contributed by atoms with Crippen molar-refractivity contribution in [1.29, 1.82) is 0 Å². The van der Waals surface area contributed by atoms with Gasteiger partial charge in [0.2, 0.25) is 0 Å². The lowest BCUT2D eigenvalue weighted by Crippen LogP contribution is -2.68. The third kappa shape index (κ3) is 7.98. The molecule has 312 valence electrons. The lowest BCUT2D eigenvalue weighted by Gasteiger charge is -2.45. The zero-order valence-corrected chi connectivity index (χ0v) is 36.9. The van der Waals surface area contributed by atoms with Crippen LogP contribution in [0.5, 0.6) is 11.5 Å². The van der Waals surface area contributed by atoms with E-state index < -0.39 is 24.7 Å². The van der Waals surface area contributed by atoms with Gasteiger partial charge in [0.15, 0.2) is 0 Å². The SMILES string of the molecule is CCOC(=O)CC1c2ccc(C)c(c2)CN2Cc3cc(ccc3OS2(=O)=O)OC[C@H](O[Si](c2ccccc2)(c2ccccc2)C(C)(C)C)CCn2nnc3c(C)c1ccc32. The summed E-state index contributed by atoms with van der Waals surface area (Å²) in [6.07, 6.45) is 0.258. The van der Waals surface area contributed by atoms with Gasteiger partial charge in [-0.1, -0.05) is 111 Å². The largest absolute Gasteiger partial charge is 0.491 e. The van der Waals surface area contributed by atoms with Crippen LogP contribution in [0.4, 0.5) is 0 Å². The first kappa shape index (κ1) is 41.4. The highest BCUT2D eigenvalue weighted by Crippen LogP contribution is 2.40. The topological polar surface area (TPSA) is 122 Å². The Hall–Kier alpha value is -5.34.